The Labute approximate surface area is 106 Å². The number of aryl methyl sites for hydroxylation is 2. The molecule has 0 unspecified atom stereocenters. The van der Waals surface area contributed by atoms with Crippen LogP contribution in [0.2, 0.25) is 0 Å². The molecule has 0 amide bonds. The molecular weight excluding hydrogens is 226 g/mol. The van der Waals surface area contributed by atoms with Gasteiger partial charge in [0.25, 0.3) is 0 Å². The van der Waals surface area contributed by atoms with Crippen molar-refractivity contribution in [1.82, 2.24) is 4.98 Å². The van der Waals surface area contributed by atoms with Crippen molar-refractivity contribution >= 4 is 0 Å². The summed E-state index contributed by atoms with van der Waals surface area (Å²) < 4.78 is 5.96. The van der Waals surface area contributed by atoms with E-state index in [4.69, 9.17) is 4.74 Å². The summed E-state index contributed by atoms with van der Waals surface area (Å²) in [4.78, 5) is 4.30. The number of hydrogen-bond acceptors (Lipinski definition) is 3. The molecule has 0 bridgehead atoms. The minimum absolute atomic E-state index is 0.0649. The van der Waals surface area contributed by atoms with Gasteiger partial charge in [-0.2, -0.15) is 0 Å². The molecule has 0 radical (unpaired) electrons. The summed E-state index contributed by atoms with van der Waals surface area (Å²) in [5.74, 6) is 1.16. The van der Waals surface area contributed by atoms with Crippen LogP contribution in [0.3, 0.4) is 0 Å². The van der Waals surface area contributed by atoms with E-state index in [-0.39, 0.29) is 6.10 Å². The van der Waals surface area contributed by atoms with Crippen molar-refractivity contribution in [2.24, 2.45) is 0 Å². The van der Waals surface area contributed by atoms with Crippen LogP contribution in [0.1, 0.15) is 29.3 Å². The molecule has 1 aromatic heterocycles. The molecule has 1 atom stereocenters. The Kier molecular flexibility index (Phi) is 2.67. The third kappa shape index (κ3) is 2.04. The van der Waals surface area contributed by atoms with Gasteiger partial charge in [0.2, 0.25) is 0 Å². The number of aromatic hydroxyl groups is 1. The number of phenolic OH excluding ortho intramolecular Hbond substituents is 1. The summed E-state index contributed by atoms with van der Waals surface area (Å²) in [5, 5.41) is 9.44. The number of benzene rings is 1. The molecule has 0 aliphatic carbocycles. The molecule has 1 aromatic carbocycles. The second-order valence-electron chi connectivity index (χ2n) is 4.67. The third-order valence-electron chi connectivity index (χ3n) is 3.30. The number of pyridine rings is 1. The highest BCUT2D eigenvalue weighted by atomic mass is 16.5. The van der Waals surface area contributed by atoms with E-state index in [1.807, 2.05) is 25.3 Å². The first-order valence-corrected chi connectivity index (χ1v) is 6.13. The van der Waals surface area contributed by atoms with Crippen molar-refractivity contribution in [3.8, 4) is 11.5 Å². The highest BCUT2D eigenvalue weighted by Crippen LogP contribution is 2.36. The number of ether oxygens (including phenoxy) is 1. The zero-order chi connectivity index (χ0) is 12.5. The Hall–Kier alpha value is -2.03. The number of phenols is 1. The van der Waals surface area contributed by atoms with Crippen LogP contribution in [0.25, 0.3) is 0 Å². The van der Waals surface area contributed by atoms with E-state index in [2.05, 4.69) is 11.1 Å². The van der Waals surface area contributed by atoms with E-state index in [0.717, 1.165) is 35.4 Å². The first-order chi connectivity index (χ1) is 8.72. The van der Waals surface area contributed by atoms with Gasteiger partial charge >= 0.3 is 0 Å². The molecule has 0 spiro atoms. The third-order valence-corrected chi connectivity index (χ3v) is 3.30. The lowest BCUT2D eigenvalue weighted by Crippen LogP contribution is -2.15. The molecule has 0 saturated carbocycles. The minimum Gasteiger partial charge on any atom is -0.508 e. The van der Waals surface area contributed by atoms with Gasteiger partial charge in [0, 0.05) is 17.5 Å². The maximum Gasteiger partial charge on any atom is 0.126 e. The van der Waals surface area contributed by atoms with Crippen molar-refractivity contribution < 1.29 is 9.84 Å². The van der Waals surface area contributed by atoms with Gasteiger partial charge in [-0.05, 0) is 49.6 Å². The highest BCUT2D eigenvalue weighted by Gasteiger charge is 2.21. The molecule has 0 saturated heterocycles. The van der Waals surface area contributed by atoms with Gasteiger partial charge in [-0.25, -0.2) is 0 Å². The quantitative estimate of drug-likeness (QED) is 0.833. The predicted octanol–water partition coefficient (Wildman–Crippen LogP) is 3.16. The normalized spacial score (nSPS) is 17.9. The van der Waals surface area contributed by atoms with Gasteiger partial charge in [-0.1, -0.05) is 6.07 Å². The number of aromatic nitrogens is 1. The summed E-state index contributed by atoms with van der Waals surface area (Å²) in [6.07, 6.45) is 3.78. The molecule has 1 aliphatic rings. The van der Waals surface area contributed by atoms with Gasteiger partial charge < -0.3 is 9.84 Å². The Morgan fingerprint density at radius 2 is 2.17 bits per heavy atom. The van der Waals surface area contributed by atoms with Crippen LogP contribution < -0.4 is 4.74 Å². The standard InChI is InChI=1S/C15H15NO2/c1-10-2-3-12(9-16-10)15-6-4-11-8-13(17)5-7-14(11)18-15/h2-3,5,7-9,15,17H,4,6H2,1H3/t15-/m0/s1. The van der Waals surface area contributed by atoms with Crippen molar-refractivity contribution in [3.63, 3.8) is 0 Å². The van der Waals surface area contributed by atoms with Gasteiger partial charge in [-0.3, -0.25) is 4.98 Å². The Morgan fingerprint density at radius 1 is 1.28 bits per heavy atom. The molecule has 3 nitrogen and oxygen atoms in total. The summed E-state index contributed by atoms with van der Waals surface area (Å²) in [7, 11) is 0. The summed E-state index contributed by atoms with van der Waals surface area (Å²) in [5.41, 5.74) is 3.20. The summed E-state index contributed by atoms with van der Waals surface area (Å²) in [6.45, 7) is 1.98. The molecule has 1 N–H and O–H groups in total. The van der Waals surface area contributed by atoms with Crippen LogP contribution in [0.5, 0.6) is 11.5 Å². The summed E-state index contributed by atoms with van der Waals surface area (Å²) >= 11 is 0. The fourth-order valence-electron chi connectivity index (χ4n) is 2.28. The van der Waals surface area contributed by atoms with E-state index < -0.39 is 0 Å². The predicted molar refractivity (Wildman–Crippen MR) is 68.8 cm³/mol. The van der Waals surface area contributed by atoms with Crippen molar-refractivity contribution in [1.29, 1.82) is 0 Å². The van der Waals surface area contributed by atoms with Crippen LogP contribution in [-0.2, 0) is 6.42 Å². The van der Waals surface area contributed by atoms with Crippen molar-refractivity contribution in [2.45, 2.75) is 25.9 Å². The fourth-order valence-corrected chi connectivity index (χ4v) is 2.28. The lowest BCUT2D eigenvalue weighted by atomic mass is 9.98. The van der Waals surface area contributed by atoms with Crippen LogP contribution in [0.4, 0.5) is 0 Å². The lowest BCUT2D eigenvalue weighted by molar-refractivity contribution is 0.176. The van der Waals surface area contributed by atoms with E-state index in [1.54, 1.807) is 12.1 Å². The molecule has 3 rings (SSSR count). The molecule has 92 valence electrons. The zero-order valence-electron chi connectivity index (χ0n) is 10.3. The maximum atomic E-state index is 9.44. The summed E-state index contributed by atoms with van der Waals surface area (Å²) in [6, 6.07) is 9.34. The first kappa shape index (κ1) is 11.1. The number of fused-ring (bicyclic) bond motifs is 1. The zero-order valence-corrected chi connectivity index (χ0v) is 10.3. The minimum atomic E-state index is 0.0649. The topological polar surface area (TPSA) is 42.4 Å². The molecular formula is C15H15NO2. The molecule has 2 heterocycles. The molecule has 1 aliphatic heterocycles. The highest BCUT2D eigenvalue weighted by molar-refractivity contribution is 5.41. The van der Waals surface area contributed by atoms with Crippen LogP contribution in [0, 0.1) is 6.92 Å². The van der Waals surface area contributed by atoms with E-state index in [0.29, 0.717) is 5.75 Å². The largest absolute Gasteiger partial charge is 0.508 e. The van der Waals surface area contributed by atoms with Crippen molar-refractivity contribution in [2.75, 3.05) is 0 Å². The maximum absolute atomic E-state index is 9.44. The molecule has 2 aromatic rings. The van der Waals surface area contributed by atoms with Crippen LogP contribution in [0.15, 0.2) is 36.5 Å². The Balaban J connectivity index is 1.86. The van der Waals surface area contributed by atoms with Crippen molar-refractivity contribution in [3.05, 3.63) is 53.3 Å². The van der Waals surface area contributed by atoms with Crippen LogP contribution in [-0.4, -0.2) is 10.1 Å². The molecule has 0 fully saturated rings. The lowest BCUT2D eigenvalue weighted by Gasteiger charge is -2.26. The average Bonchev–Trinajstić information content (AvgIpc) is 2.39. The van der Waals surface area contributed by atoms with Gasteiger partial charge in [0.1, 0.15) is 17.6 Å². The second kappa shape index (κ2) is 4.33. The SMILES string of the molecule is Cc1ccc([C@@H]2CCc3cc(O)ccc3O2)cn1. The van der Waals surface area contributed by atoms with Crippen LogP contribution >= 0.6 is 0 Å². The van der Waals surface area contributed by atoms with Gasteiger partial charge in [0.05, 0.1) is 0 Å². The molecule has 3 heteroatoms. The second-order valence-corrected chi connectivity index (χ2v) is 4.67. The van der Waals surface area contributed by atoms with E-state index >= 15 is 0 Å². The van der Waals surface area contributed by atoms with E-state index in [9.17, 15) is 5.11 Å². The van der Waals surface area contributed by atoms with Gasteiger partial charge in [0.15, 0.2) is 0 Å². The number of nitrogens with zero attached hydrogens (tertiary/aromatic N) is 1. The van der Waals surface area contributed by atoms with E-state index in [1.165, 1.54) is 0 Å². The van der Waals surface area contributed by atoms with Gasteiger partial charge in [-0.15, -0.1) is 0 Å². The average molecular weight is 241 g/mol. The first-order valence-electron chi connectivity index (χ1n) is 6.13. The smallest absolute Gasteiger partial charge is 0.126 e. The Bertz CT molecular complexity index is 563. The number of hydrogen-bond donors (Lipinski definition) is 1. The molecule has 18 heavy (non-hydrogen) atoms. The fraction of sp³-hybridized carbons (Fsp3) is 0.267. The monoisotopic (exact) mass is 241 g/mol. The number of rotatable bonds is 1. The Morgan fingerprint density at radius 3 is 2.94 bits per heavy atom.